The Morgan fingerprint density at radius 3 is 2.49 bits per heavy atom. The second-order valence-electron chi connectivity index (χ2n) is 13.6. The van der Waals surface area contributed by atoms with Gasteiger partial charge in [0, 0.05) is 30.9 Å². The van der Waals surface area contributed by atoms with Gasteiger partial charge in [0.15, 0.2) is 5.78 Å². The number of rotatable bonds is 9. The van der Waals surface area contributed by atoms with Crippen LogP contribution in [0, 0.1) is 28.5 Å². The number of Topliss-reactive ketones (excluding diaryl/α,β-unsaturated/α-hetero) is 1. The lowest BCUT2D eigenvalue weighted by Crippen LogP contribution is -2.47. The first-order valence-corrected chi connectivity index (χ1v) is 16.4. The SMILES string of the molecule is C=C[C@H]1C[C@@]1(CC(=O)C1C[C@@H](OC(=O)N2Cc3cccc(F)c3C2)CN1C(=O)[C@@H](C)C(C)(C)C)C(=O)NS(=O)(=O)C1CC1. The molecule has 0 bridgehead atoms. The standard InChI is InChI=1S/C31H40FN3O7S/c1-6-20-13-31(20,28(38)33-43(40,41)22-10-11-22)14-26(36)25-12-21(16-35(25)27(37)18(2)30(3,4)5)42-29(39)34-15-19-8-7-9-24(32)23(19)17-34/h6-9,18,20-22,25H,1,10-17H2,2-5H3,(H,33,38)/t18-,20+,21-,25?,31+/m1/s1. The fourth-order valence-electron chi connectivity index (χ4n) is 6.09. The van der Waals surface area contributed by atoms with E-state index in [0.29, 0.717) is 24.0 Å². The summed E-state index contributed by atoms with van der Waals surface area (Å²) < 4.78 is 47.2. The Hall–Kier alpha value is -3.28. The number of ketones is 1. The van der Waals surface area contributed by atoms with Gasteiger partial charge in [-0.1, -0.05) is 45.9 Å². The number of allylic oxidation sites excluding steroid dienone is 1. The van der Waals surface area contributed by atoms with E-state index in [0.717, 1.165) is 0 Å². The van der Waals surface area contributed by atoms with Crippen molar-refractivity contribution in [3.63, 3.8) is 0 Å². The number of carbonyl (C=O) groups excluding carboxylic acids is 4. The summed E-state index contributed by atoms with van der Waals surface area (Å²) in [7, 11) is -3.82. The lowest BCUT2D eigenvalue weighted by molar-refractivity contribution is -0.144. The first-order chi connectivity index (χ1) is 20.1. The van der Waals surface area contributed by atoms with Crippen LogP contribution in [-0.4, -0.2) is 65.8 Å². The summed E-state index contributed by atoms with van der Waals surface area (Å²) in [4.78, 5) is 56.8. The summed E-state index contributed by atoms with van der Waals surface area (Å²) in [5.41, 5.74) is -0.539. The van der Waals surface area contributed by atoms with Crippen molar-refractivity contribution in [3.05, 3.63) is 47.8 Å². The molecule has 234 valence electrons. The minimum Gasteiger partial charge on any atom is -0.444 e. The molecule has 2 saturated carbocycles. The van der Waals surface area contributed by atoms with Crippen molar-refractivity contribution in [1.82, 2.24) is 14.5 Å². The number of ether oxygens (including phenoxy) is 1. The van der Waals surface area contributed by atoms with Gasteiger partial charge in [-0.15, -0.1) is 6.58 Å². The monoisotopic (exact) mass is 617 g/mol. The highest BCUT2D eigenvalue weighted by Gasteiger charge is 2.61. The van der Waals surface area contributed by atoms with Gasteiger partial charge in [0.2, 0.25) is 21.8 Å². The van der Waals surface area contributed by atoms with Crippen LogP contribution in [0.15, 0.2) is 30.9 Å². The zero-order valence-electron chi connectivity index (χ0n) is 25.1. The van der Waals surface area contributed by atoms with Crippen molar-refractivity contribution in [3.8, 4) is 0 Å². The van der Waals surface area contributed by atoms with Crippen LogP contribution in [0.5, 0.6) is 0 Å². The lowest BCUT2D eigenvalue weighted by atomic mass is 9.81. The maximum atomic E-state index is 14.2. The summed E-state index contributed by atoms with van der Waals surface area (Å²) in [6.07, 6.45) is 1.12. The smallest absolute Gasteiger partial charge is 0.410 e. The maximum absolute atomic E-state index is 14.2. The number of nitrogens with zero attached hydrogens (tertiary/aromatic N) is 2. The van der Waals surface area contributed by atoms with E-state index >= 15 is 0 Å². The van der Waals surface area contributed by atoms with Crippen LogP contribution in [0.25, 0.3) is 0 Å². The van der Waals surface area contributed by atoms with Gasteiger partial charge in [0.05, 0.1) is 29.8 Å². The van der Waals surface area contributed by atoms with Gasteiger partial charge in [-0.25, -0.2) is 17.6 Å². The topological polar surface area (TPSA) is 130 Å². The minimum atomic E-state index is -3.82. The molecule has 1 aromatic rings. The second kappa shape index (κ2) is 11.0. The Morgan fingerprint density at radius 1 is 1.21 bits per heavy atom. The van der Waals surface area contributed by atoms with E-state index in [1.165, 1.54) is 15.9 Å². The Labute approximate surface area is 252 Å². The third-order valence-electron chi connectivity index (χ3n) is 9.60. The van der Waals surface area contributed by atoms with E-state index in [1.807, 2.05) is 20.8 Å². The molecule has 4 aliphatic rings. The minimum absolute atomic E-state index is 0.00328. The molecule has 1 N–H and O–H groups in total. The number of sulfonamides is 1. The number of hydrogen-bond donors (Lipinski definition) is 1. The lowest BCUT2D eigenvalue weighted by Gasteiger charge is -2.33. The van der Waals surface area contributed by atoms with Crippen molar-refractivity contribution in [1.29, 1.82) is 0 Å². The van der Waals surface area contributed by atoms with Crippen LogP contribution in [-0.2, 0) is 42.2 Å². The fraction of sp³-hybridized carbons (Fsp3) is 0.613. The Balaban J connectivity index is 1.32. The number of amides is 3. The average Bonchev–Trinajstić information content (AvgIpc) is 3.82. The van der Waals surface area contributed by atoms with Crippen molar-refractivity contribution in [2.45, 2.75) is 90.3 Å². The van der Waals surface area contributed by atoms with Crippen LogP contribution in [0.4, 0.5) is 9.18 Å². The molecule has 0 aromatic heterocycles. The van der Waals surface area contributed by atoms with E-state index in [2.05, 4.69) is 11.3 Å². The molecule has 3 amide bonds. The molecule has 43 heavy (non-hydrogen) atoms. The highest BCUT2D eigenvalue weighted by molar-refractivity contribution is 7.90. The molecule has 2 aliphatic heterocycles. The van der Waals surface area contributed by atoms with E-state index in [1.54, 1.807) is 25.1 Å². The first kappa shape index (κ1) is 31.2. The highest BCUT2D eigenvalue weighted by atomic mass is 32.2. The summed E-state index contributed by atoms with van der Waals surface area (Å²) in [6, 6.07) is 3.72. The molecule has 5 atom stereocenters. The fourth-order valence-corrected chi connectivity index (χ4v) is 7.47. The van der Waals surface area contributed by atoms with Crippen LogP contribution in [0.2, 0.25) is 0 Å². The van der Waals surface area contributed by atoms with Crippen molar-refractivity contribution in [2.24, 2.45) is 22.7 Å². The summed E-state index contributed by atoms with van der Waals surface area (Å²) in [5.74, 6) is -2.63. The quantitative estimate of drug-likeness (QED) is 0.419. The molecule has 3 fully saturated rings. The number of carbonyl (C=O) groups is 4. The summed E-state index contributed by atoms with van der Waals surface area (Å²) in [5, 5.41) is -0.595. The molecule has 2 aliphatic carbocycles. The Bertz CT molecular complexity index is 1470. The number of likely N-dealkylation sites (tertiary alicyclic amines) is 1. The van der Waals surface area contributed by atoms with Crippen LogP contribution < -0.4 is 4.72 Å². The Morgan fingerprint density at radius 2 is 1.91 bits per heavy atom. The number of hydrogen-bond acceptors (Lipinski definition) is 7. The van der Waals surface area contributed by atoms with Gasteiger partial charge in [-0.2, -0.15) is 0 Å². The molecule has 1 unspecified atom stereocenters. The van der Waals surface area contributed by atoms with Crippen molar-refractivity contribution < 1.29 is 36.7 Å². The van der Waals surface area contributed by atoms with Crippen molar-refractivity contribution >= 4 is 33.7 Å². The molecule has 1 aromatic carbocycles. The van der Waals surface area contributed by atoms with Crippen molar-refractivity contribution in [2.75, 3.05) is 6.54 Å². The molecule has 1 saturated heterocycles. The molecule has 12 heteroatoms. The average molecular weight is 618 g/mol. The van der Waals surface area contributed by atoms with Gasteiger partial charge in [0.25, 0.3) is 0 Å². The molecular formula is C31H40FN3O7S. The summed E-state index contributed by atoms with van der Waals surface area (Å²) >= 11 is 0. The predicted octanol–water partition coefficient (Wildman–Crippen LogP) is 3.69. The Kier molecular flexibility index (Phi) is 7.98. The van der Waals surface area contributed by atoms with E-state index in [9.17, 15) is 32.0 Å². The zero-order chi connectivity index (χ0) is 31.5. The van der Waals surface area contributed by atoms with Crippen LogP contribution in [0.1, 0.15) is 70.9 Å². The predicted molar refractivity (Wildman–Crippen MR) is 155 cm³/mol. The third-order valence-corrected chi connectivity index (χ3v) is 11.4. The van der Waals surface area contributed by atoms with Crippen LogP contribution in [0.3, 0.4) is 0 Å². The van der Waals surface area contributed by atoms with Gasteiger partial charge in [0.1, 0.15) is 11.9 Å². The van der Waals surface area contributed by atoms with E-state index < -0.39 is 67.8 Å². The number of nitrogens with one attached hydrogen (secondary N) is 1. The van der Waals surface area contributed by atoms with Gasteiger partial charge in [-0.3, -0.25) is 24.0 Å². The molecule has 10 nitrogen and oxygen atoms in total. The van der Waals surface area contributed by atoms with Crippen LogP contribution >= 0.6 is 0 Å². The number of halogens is 1. The molecular weight excluding hydrogens is 577 g/mol. The molecule has 0 spiro atoms. The normalized spacial score (nSPS) is 27.3. The third kappa shape index (κ3) is 6.07. The van der Waals surface area contributed by atoms with Gasteiger partial charge < -0.3 is 9.64 Å². The maximum Gasteiger partial charge on any atom is 0.410 e. The van der Waals surface area contributed by atoms with E-state index in [4.69, 9.17) is 4.74 Å². The molecule has 2 heterocycles. The largest absolute Gasteiger partial charge is 0.444 e. The number of benzene rings is 1. The molecule has 0 radical (unpaired) electrons. The first-order valence-electron chi connectivity index (χ1n) is 14.8. The van der Waals surface area contributed by atoms with Gasteiger partial charge >= 0.3 is 6.09 Å². The van der Waals surface area contributed by atoms with Gasteiger partial charge in [-0.05, 0) is 42.2 Å². The second-order valence-corrected chi connectivity index (χ2v) is 15.6. The number of fused-ring (bicyclic) bond motifs is 1. The van der Waals surface area contributed by atoms with E-state index in [-0.39, 0.29) is 50.7 Å². The summed E-state index contributed by atoms with van der Waals surface area (Å²) in [6.45, 7) is 11.5. The molecule has 5 rings (SSSR count). The highest BCUT2D eigenvalue weighted by Crippen LogP contribution is 2.57. The zero-order valence-corrected chi connectivity index (χ0v) is 25.9.